The number of carbonyl (C=O) groups excluding carboxylic acids is 1. The van der Waals surface area contributed by atoms with Crippen molar-refractivity contribution in [1.29, 1.82) is 0 Å². The van der Waals surface area contributed by atoms with Crippen LogP contribution in [0.1, 0.15) is 21.9 Å². The Morgan fingerprint density at radius 3 is 2.74 bits per heavy atom. The van der Waals surface area contributed by atoms with Gasteiger partial charge in [-0.2, -0.15) is 13.2 Å². The number of rotatable bonds is 3. The fraction of sp³-hybridized carbons (Fsp3) is 0.111. The molecule has 0 fully saturated rings. The first-order valence-corrected chi connectivity index (χ1v) is 7.96. The van der Waals surface area contributed by atoms with Crippen LogP contribution in [0.4, 0.5) is 13.2 Å². The van der Waals surface area contributed by atoms with E-state index in [2.05, 4.69) is 20.5 Å². The molecular weight excluding hydrogens is 359 g/mol. The van der Waals surface area contributed by atoms with Gasteiger partial charge in [-0.15, -0.1) is 10.2 Å². The maximum atomic E-state index is 12.8. The van der Waals surface area contributed by atoms with E-state index in [1.165, 1.54) is 10.6 Å². The van der Waals surface area contributed by atoms with Crippen molar-refractivity contribution < 1.29 is 18.0 Å². The summed E-state index contributed by atoms with van der Waals surface area (Å²) in [5, 5.41) is 11.9. The zero-order valence-electron chi connectivity index (χ0n) is 13.7. The average molecular weight is 371 g/mol. The number of halogens is 3. The van der Waals surface area contributed by atoms with Gasteiger partial charge < -0.3 is 5.32 Å². The minimum atomic E-state index is -4.46. The summed E-state index contributed by atoms with van der Waals surface area (Å²) in [6, 6.07) is 11.0. The molecule has 6 nitrogen and oxygen atoms in total. The smallest absolute Gasteiger partial charge is 0.343 e. The molecule has 0 aliphatic rings. The number of pyridine rings is 2. The van der Waals surface area contributed by atoms with Crippen molar-refractivity contribution in [3.05, 3.63) is 71.9 Å². The van der Waals surface area contributed by atoms with Gasteiger partial charge in [0.25, 0.3) is 5.91 Å². The van der Waals surface area contributed by atoms with Crippen LogP contribution in [0, 0.1) is 0 Å². The molecule has 0 bridgehead atoms. The Kier molecular flexibility index (Phi) is 3.98. The Bertz CT molecular complexity index is 1150. The number of amides is 1. The summed E-state index contributed by atoms with van der Waals surface area (Å²) in [5.41, 5.74) is -0.489. The van der Waals surface area contributed by atoms with Gasteiger partial charge in [0.1, 0.15) is 5.69 Å². The zero-order chi connectivity index (χ0) is 19.0. The first-order chi connectivity index (χ1) is 12.9. The number of nitrogens with zero attached hydrogens (tertiary/aromatic N) is 4. The summed E-state index contributed by atoms with van der Waals surface area (Å²) in [6.07, 6.45) is -1.68. The lowest BCUT2D eigenvalue weighted by Crippen LogP contribution is -2.25. The van der Waals surface area contributed by atoms with Crippen LogP contribution in [-0.2, 0) is 12.7 Å². The fourth-order valence-electron chi connectivity index (χ4n) is 2.78. The molecule has 3 heterocycles. The van der Waals surface area contributed by atoms with Crippen LogP contribution < -0.4 is 5.32 Å². The van der Waals surface area contributed by atoms with E-state index >= 15 is 0 Å². The van der Waals surface area contributed by atoms with Crippen LogP contribution in [0.2, 0.25) is 0 Å². The van der Waals surface area contributed by atoms with Crippen molar-refractivity contribution in [2.75, 3.05) is 0 Å². The minimum Gasteiger partial charge on any atom is -0.343 e. The first-order valence-electron chi connectivity index (χ1n) is 7.96. The predicted molar refractivity (Wildman–Crippen MR) is 90.9 cm³/mol. The summed E-state index contributed by atoms with van der Waals surface area (Å²) in [4.78, 5) is 16.6. The third-order valence-corrected chi connectivity index (χ3v) is 4.10. The van der Waals surface area contributed by atoms with E-state index in [0.29, 0.717) is 11.2 Å². The van der Waals surface area contributed by atoms with E-state index in [9.17, 15) is 18.0 Å². The molecule has 0 spiro atoms. The van der Waals surface area contributed by atoms with Gasteiger partial charge in [0.05, 0.1) is 12.1 Å². The number of aromatic nitrogens is 4. The quantitative estimate of drug-likeness (QED) is 0.600. The summed E-state index contributed by atoms with van der Waals surface area (Å²) in [5.74, 6) is -0.0947. The van der Waals surface area contributed by atoms with Crippen molar-refractivity contribution >= 4 is 22.3 Å². The highest BCUT2D eigenvalue weighted by atomic mass is 19.4. The molecule has 0 unspecified atom stereocenters. The maximum Gasteiger partial charge on any atom is 0.416 e. The molecule has 9 heteroatoms. The summed E-state index contributed by atoms with van der Waals surface area (Å²) >= 11 is 0. The maximum absolute atomic E-state index is 12.8. The third kappa shape index (κ3) is 3.19. The van der Waals surface area contributed by atoms with Gasteiger partial charge in [-0.3, -0.25) is 14.2 Å². The van der Waals surface area contributed by atoms with Crippen LogP contribution in [0.25, 0.3) is 16.4 Å². The van der Waals surface area contributed by atoms with Gasteiger partial charge in [-0.05, 0) is 23.6 Å². The van der Waals surface area contributed by atoms with E-state index in [4.69, 9.17) is 0 Å². The third-order valence-electron chi connectivity index (χ3n) is 4.10. The Morgan fingerprint density at radius 2 is 1.93 bits per heavy atom. The fourth-order valence-corrected chi connectivity index (χ4v) is 2.78. The van der Waals surface area contributed by atoms with Crippen LogP contribution in [0.15, 0.2) is 54.9 Å². The average Bonchev–Trinajstić information content (AvgIpc) is 3.07. The number of nitrogens with one attached hydrogen (secondary N) is 1. The molecule has 4 rings (SSSR count). The molecule has 0 atom stereocenters. The van der Waals surface area contributed by atoms with Gasteiger partial charge in [0.2, 0.25) is 0 Å². The van der Waals surface area contributed by atoms with Crippen LogP contribution in [0.5, 0.6) is 0 Å². The van der Waals surface area contributed by atoms with Gasteiger partial charge >= 0.3 is 6.18 Å². The second kappa shape index (κ2) is 6.35. The van der Waals surface area contributed by atoms with E-state index in [0.717, 1.165) is 17.5 Å². The summed E-state index contributed by atoms with van der Waals surface area (Å²) < 4.78 is 39.7. The number of benzene rings is 1. The van der Waals surface area contributed by atoms with Crippen LogP contribution in [0.3, 0.4) is 0 Å². The van der Waals surface area contributed by atoms with Crippen LogP contribution in [-0.4, -0.2) is 25.5 Å². The summed E-state index contributed by atoms with van der Waals surface area (Å²) in [7, 11) is 0. The molecule has 27 heavy (non-hydrogen) atoms. The normalized spacial score (nSPS) is 11.8. The highest BCUT2D eigenvalue weighted by molar-refractivity contribution is 6.05. The number of hydrogen-bond acceptors (Lipinski definition) is 4. The molecule has 4 aromatic rings. The van der Waals surface area contributed by atoms with Gasteiger partial charge in [-0.1, -0.05) is 24.3 Å². The molecule has 0 saturated heterocycles. The van der Waals surface area contributed by atoms with Crippen LogP contribution >= 0.6 is 0 Å². The number of fused-ring (bicyclic) bond motifs is 2. The highest BCUT2D eigenvalue weighted by Crippen LogP contribution is 2.29. The standard InChI is InChI=1S/C18H12F3N5O/c19-18(20,21)12-6-8-26-14(9-12)24-25-15(26)10-23-17(27)16-13-4-2-1-3-11(13)5-7-22-16/h1-9H,10H2,(H,23,27). The lowest BCUT2D eigenvalue weighted by molar-refractivity contribution is -0.137. The van der Waals surface area contributed by atoms with E-state index in [-0.39, 0.29) is 17.9 Å². The second-order valence-electron chi connectivity index (χ2n) is 5.82. The molecule has 1 aromatic carbocycles. The lowest BCUT2D eigenvalue weighted by Gasteiger charge is -2.08. The highest BCUT2D eigenvalue weighted by Gasteiger charge is 2.31. The SMILES string of the molecule is O=C(NCc1nnc2cc(C(F)(F)F)ccn12)c1nccc2ccccc12. The summed E-state index contributed by atoms with van der Waals surface area (Å²) in [6.45, 7) is -0.00370. The molecule has 136 valence electrons. The number of carbonyl (C=O) groups is 1. The van der Waals surface area contributed by atoms with Gasteiger partial charge in [-0.25, -0.2) is 0 Å². The monoisotopic (exact) mass is 371 g/mol. The minimum absolute atomic E-state index is 0.00370. The van der Waals surface area contributed by atoms with Gasteiger partial charge in [0.15, 0.2) is 11.5 Å². The van der Waals surface area contributed by atoms with Crippen molar-refractivity contribution in [3.63, 3.8) is 0 Å². The van der Waals surface area contributed by atoms with Crippen molar-refractivity contribution in [1.82, 2.24) is 24.9 Å². The van der Waals surface area contributed by atoms with Crippen molar-refractivity contribution in [2.45, 2.75) is 12.7 Å². The molecule has 0 aliphatic carbocycles. The molecule has 0 radical (unpaired) electrons. The zero-order valence-corrected chi connectivity index (χ0v) is 13.7. The molecule has 3 aromatic heterocycles. The molecule has 0 aliphatic heterocycles. The van der Waals surface area contributed by atoms with Crippen molar-refractivity contribution in [3.8, 4) is 0 Å². The predicted octanol–water partition coefficient (Wildman–Crippen LogP) is 3.23. The Labute approximate surface area is 150 Å². The van der Waals surface area contributed by atoms with E-state index in [1.54, 1.807) is 18.3 Å². The first kappa shape index (κ1) is 17.0. The molecule has 1 amide bonds. The molecule has 1 N–H and O–H groups in total. The number of hydrogen-bond donors (Lipinski definition) is 1. The van der Waals surface area contributed by atoms with Gasteiger partial charge in [0, 0.05) is 17.8 Å². The number of alkyl halides is 3. The largest absolute Gasteiger partial charge is 0.416 e. The second-order valence-corrected chi connectivity index (χ2v) is 5.82. The lowest BCUT2D eigenvalue weighted by atomic mass is 10.1. The topological polar surface area (TPSA) is 72.2 Å². The van der Waals surface area contributed by atoms with Crippen molar-refractivity contribution in [2.24, 2.45) is 0 Å². The van der Waals surface area contributed by atoms with E-state index in [1.807, 2.05) is 18.2 Å². The Hall–Kier alpha value is -3.49. The Morgan fingerprint density at radius 1 is 1.11 bits per heavy atom. The molecule has 0 saturated carbocycles. The Balaban J connectivity index is 1.57. The molecular formula is C18H12F3N5O. The van der Waals surface area contributed by atoms with E-state index < -0.39 is 17.6 Å².